The first kappa shape index (κ1) is 17.1. The Hall–Kier alpha value is -0.880. The Balaban J connectivity index is 0.00000144. The van der Waals surface area contributed by atoms with Crippen molar-refractivity contribution in [3.63, 3.8) is 0 Å². The molecule has 102 valence electrons. The van der Waals surface area contributed by atoms with E-state index in [2.05, 4.69) is 15.6 Å². The van der Waals surface area contributed by atoms with Gasteiger partial charge in [-0.3, -0.25) is 9.78 Å². The number of carbonyl (C=O) groups excluding carboxylic acids is 1. The Labute approximate surface area is 118 Å². The third kappa shape index (κ3) is 4.42. The topological polar surface area (TPSA) is 74.2 Å². The van der Waals surface area contributed by atoms with Crippen molar-refractivity contribution in [3.8, 4) is 0 Å². The van der Waals surface area contributed by atoms with Crippen molar-refractivity contribution < 1.29 is 9.90 Å². The number of hydrogen-bond acceptors (Lipinski definition) is 4. The molecule has 2 unspecified atom stereocenters. The molecule has 2 heterocycles. The van der Waals surface area contributed by atoms with E-state index in [9.17, 15) is 9.90 Å². The van der Waals surface area contributed by atoms with Gasteiger partial charge >= 0.3 is 0 Å². The summed E-state index contributed by atoms with van der Waals surface area (Å²) in [5.74, 6) is -0.0483. The number of aromatic nitrogens is 1. The minimum Gasteiger partial charge on any atom is -0.391 e. The first-order valence-electron chi connectivity index (χ1n) is 5.34. The Kier molecular flexibility index (Phi) is 7.86. The van der Waals surface area contributed by atoms with Crippen molar-refractivity contribution >= 4 is 30.7 Å². The van der Waals surface area contributed by atoms with Crippen molar-refractivity contribution in [2.24, 2.45) is 5.92 Å². The van der Waals surface area contributed by atoms with Crippen molar-refractivity contribution in [2.45, 2.75) is 6.10 Å². The minimum atomic E-state index is -0.366. The van der Waals surface area contributed by atoms with Crippen LogP contribution in [0.5, 0.6) is 0 Å². The summed E-state index contributed by atoms with van der Waals surface area (Å²) in [6.07, 6.45) is 2.79. The molecule has 18 heavy (non-hydrogen) atoms. The molecule has 1 fully saturated rings. The SMILES string of the molecule is Cl.Cl.O=C(NCC1CNCC1O)c1cccnc1. The standard InChI is InChI=1S/C11H15N3O2.2ClH/c15-10-7-13-5-9(10)6-14-11(16)8-2-1-3-12-4-8;;/h1-4,9-10,13,15H,5-7H2,(H,14,16);2*1H. The molecule has 1 saturated heterocycles. The number of halogens is 2. The van der Waals surface area contributed by atoms with Crippen LogP contribution in [0, 0.1) is 5.92 Å². The van der Waals surface area contributed by atoms with Gasteiger partial charge in [-0.15, -0.1) is 24.8 Å². The van der Waals surface area contributed by atoms with Gasteiger partial charge in [-0.05, 0) is 12.1 Å². The molecule has 0 spiro atoms. The molecule has 1 aromatic heterocycles. The van der Waals surface area contributed by atoms with E-state index >= 15 is 0 Å². The zero-order valence-electron chi connectivity index (χ0n) is 9.70. The fourth-order valence-corrected chi connectivity index (χ4v) is 1.75. The van der Waals surface area contributed by atoms with Gasteiger partial charge in [0, 0.05) is 37.9 Å². The number of pyridine rings is 1. The Morgan fingerprint density at radius 3 is 2.83 bits per heavy atom. The number of β-amino-alcohol motifs (C(OH)–C–C–N with tert-alkyl or cyclic N) is 1. The first-order chi connectivity index (χ1) is 7.77. The van der Waals surface area contributed by atoms with Gasteiger partial charge in [0.05, 0.1) is 11.7 Å². The molecule has 2 atom stereocenters. The molecule has 1 aliphatic heterocycles. The number of hydrogen-bond donors (Lipinski definition) is 3. The zero-order chi connectivity index (χ0) is 11.4. The number of rotatable bonds is 3. The zero-order valence-corrected chi connectivity index (χ0v) is 11.3. The molecule has 1 aliphatic rings. The van der Waals surface area contributed by atoms with E-state index in [0.29, 0.717) is 18.7 Å². The highest BCUT2D eigenvalue weighted by Crippen LogP contribution is 2.07. The lowest BCUT2D eigenvalue weighted by Crippen LogP contribution is -2.34. The van der Waals surface area contributed by atoms with Gasteiger partial charge in [-0.25, -0.2) is 0 Å². The lowest BCUT2D eigenvalue weighted by Gasteiger charge is -2.13. The first-order valence-corrected chi connectivity index (χ1v) is 5.34. The van der Waals surface area contributed by atoms with Gasteiger partial charge in [0.15, 0.2) is 0 Å². The Morgan fingerprint density at radius 2 is 2.28 bits per heavy atom. The highest BCUT2D eigenvalue weighted by Gasteiger charge is 2.25. The maximum absolute atomic E-state index is 11.7. The molecular weight excluding hydrogens is 277 g/mol. The summed E-state index contributed by atoms with van der Waals surface area (Å²) < 4.78 is 0. The Bertz CT molecular complexity index is 365. The maximum atomic E-state index is 11.7. The van der Waals surface area contributed by atoms with E-state index in [-0.39, 0.29) is 42.7 Å². The van der Waals surface area contributed by atoms with Crippen LogP contribution in [0.4, 0.5) is 0 Å². The van der Waals surface area contributed by atoms with Crippen LogP contribution >= 0.6 is 24.8 Å². The van der Waals surface area contributed by atoms with Crippen LogP contribution in [0.15, 0.2) is 24.5 Å². The molecule has 0 aliphatic carbocycles. The molecule has 0 bridgehead atoms. The van der Waals surface area contributed by atoms with E-state index < -0.39 is 0 Å². The molecule has 0 saturated carbocycles. The van der Waals surface area contributed by atoms with Crippen LogP contribution < -0.4 is 10.6 Å². The third-order valence-electron chi connectivity index (χ3n) is 2.75. The van der Waals surface area contributed by atoms with Gasteiger partial charge in [0.1, 0.15) is 0 Å². The predicted octanol–water partition coefficient (Wildman–Crippen LogP) is 0.235. The van der Waals surface area contributed by atoms with E-state index in [1.54, 1.807) is 18.3 Å². The van der Waals surface area contributed by atoms with Crippen LogP contribution in [0.2, 0.25) is 0 Å². The van der Waals surface area contributed by atoms with Gasteiger partial charge in [0.2, 0.25) is 0 Å². The fraction of sp³-hybridized carbons (Fsp3) is 0.455. The predicted molar refractivity (Wildman–Crippen MR) is 73.4 cm³/mol. The summed E-state index contributed by atoms with van der Waals surface area (Å²) in [7, 11) is 0. The lowest BCUT2D eigenvalue weighted by atomic mass is 10.1. The quantitative estimate of drug-likeness (QED) is 0.746. The molecule has 5 nitrogen and oxygen atoms in total. The van der Waals surface area contributed by atoms with E-state index in [1.165, 1.54) is 6.20 Å². The summed E-state index contributed by atoms with van der Waals surface area (Å²) in [6.45, 7) is 1.84. The number of nitrogens with zero attached hydrogens (tertiary/aromatic N) is 1. The highest BCUT2D eigenvalue weighted by molar-refractivity contribution is 5.93. The molecular formula is C11H17Cl2N3O2. The highest BCUT2D eigenvalue weighted by atomic mass is 35.5. The van der Waals surface area contributed by atoms with Crippen molar-refractivity contribution in [1.82, 2.24) is 15.6 Å². The average molecular weight is 294 g/mol. The number of nitrogens with one attached hydrogen (secondary N) is 2. The second-order valence-corrected chi connectivity index (χ2v) is 3.94. The van der Waals surface area contributed by atoms with Crippen LogP contribution in [0.3, 0.4) is 0 Å². The van der Waals surface area contributed by atoms with Gasteiger partial charge < -0.3 is 15.7 Å². The van der Waals surface area contributed by atoms with Crippen LogP contribution in [0.25, 0.3) is 0 Å². The van der Waals surface area contributed by atoms with Crippen LogP contribution in [-0.4, -0.2) is 41.7 Å². The fourth-order valence-electron chi connectivity index (χ4n) is 1.75. The molecule has 7 heteroatoms. The number of aliphatic hydroxyl groups excluding tert-OH is 1. The van der Waals surface area contributed by atoms with E-state index in [1.807, 2.05) is 0 Å². The van der Waals surface area contributed by atoms with Crippen molar-refractivity contribution in [2.75, 3.05) is 19.6 Å². The normalized spacial score (nSPS) is 21.6. The van der Waals surface area contributed by atoms with Crippen molar-refractivity contribution in [1.29, 1.82) is 0 Å². The molecule has 0 radical (unpaired) electrons. The molecule has 3 N–H and O–H groups in total. The summed E-state index contributed by atoms with van der Waals surface area (Å²) in [5.41, 5.74) is 0.544. The van der Waals surface area contributed by atoms with Crippen LogP contribution in [0.1, 0.15) is 10.4 Å². The molecule has 2 rings (SSSR count). The second-order valence-electron chi connectivity index (χ2n) is 3.94. The maximum Gasteiger partial charge on any atom is 0.252 e. The van der Waals surface area contributed by atoms with E-state index in [0.717, 1.165) is 6.54 Å². The summed E-state index contributed by atoms with van der Waals surface area (Å²) in [5, 5.41) is 15.4. The average Bonchev–Trinajstić information content (AvgIpc) is 2.73. The molecule has 0 aromatic carbocycles. The minimum absolute atomic E-state index is 0. The molecule has 1 aromatic rings. The monoisotopic (exact) mass is 293 g/mol. The number of amides is 1. The van der Waals surface area contributed by atoms with Gasteiger partial charge in [-0.1, -0.05) is 0 Å². The van der Waals surface area contributed by atoms with E-state index in [4.69, 9.17) is 0 Å². The lowest BCUT2D eigenvalue weighted by molar-refractivity contribution is 0.0926. The van der Waals surface area contributed by atoms with Crippen molar-refractivity contribution in [3.05, 3.63) is 30.1 Å². The summed E-state index contributed by atoms with van der Waals surface area (Å²) in [6, 6.07) is 3.44. The third-order valence-corrected chi connectivity index (χ3v) is 2.75. The second kappa shape index (κ2) is 8.26. The summed E-state index contributed by atoms with van der Waals surface area (Å²) >= 11 is 0. The largest absolute Gasteiger partial charge is 0.391 e. The number of carbonyl (C=O) groups is 1. The Morgan fingerprint density at radius 1 is 1.50 bits per heavy atom. The van der Waals surface area contributed by atoms with Crippen LogP contribution in [-0.2, 0) is 0 Å². The summed E-state index contributed by atoms with van der Waals surface area (Å²) in [4.78, 5) is 15.5. The number of aliphatic hydroxyl groups is 1. The van der Waals surface area contributed by atoms with Gasteiger partial charge in [0.25, 0.3) is 5.91 Å². The smallest absolute Gasteiger partial charge is 0.252 e. The van der Waals surface area contributed by atoms with Gasteiger partial charge in [-0.2, -0.15) is 0 Å². The molecule has 1 amide bonds.